The van der Waals surface area contributed by atoms with Gasteiger partial charge in [0.05, 0.1) is 11.5 Å². The van der Waals surface area contributed by atoms with Crippen molar-refractivity contribution in [3.05, 3.63) is 28.3 Å². The Kier molecular flexibility index (Phi) is 6.21. The second kappa shape index (κ2) is 8.50. The molecule has 0 amide bonds. The zero-order valence-corrected chi connectivity index (χ0v) is 18.0. The Morgan fingerprint density at radius 3 is 2.39 bits per heavy atom. The molecule has 0 aromatic heterocycles. The van der Waals surface area contributed by atoms with Crippen LogP contribution in [0.2, 0.25) is 5.02 Å². The van der Waals surface area contributed by atoms with Crippen molar-refractivity contribution in [1.82, 2.24) is 9.80 Å². The summed E-state index contributed by atoms with van der Waals surface area (Å²) >= 11 is 6.40. The van der Waals surface area contributed by atoms with Crippen molar-refractivity contribution in [3.63, 3.8) is 0 Å². The van der Waals surface area contributed by atoms with Gasteiger partial charge in [0.2, 0.25) is 0 Å². The van der Waals surface area contributed by atoms with E-state index in [0.717, 1.165) is 56.6 Å². The smallest absolute Gasteiger partial charge is 0.151 e. The minimum Gasteiger partial charge on any atom is -0.507 e. The van der Waals surface area contributed by atoms with Crippen LogP contribution < -0.4 is 0 Å². The number of piperazine rings is 1. The van der Waals surface area contributed by atoms with Crippen LogP contribution in [-0.4, -0.2) is 67.1 Å². The largest absolute Gasteiger partial charge is 0.507 e. The second-order valence-corrected chi connectivity index (χ2v) is 11.4. The minimum atomic E-state index is -2.84. The number of benzene rings is 1. The van der Waals surface area contributed by atoms with E-state index >= 15 is 0 Å². The summed E-state index contributed by atoms with van der Waals surface area (Å²) in [6.45, 7) is 4.25. The molecular weight excluding hydrogens is 396 g/mol. The second-order valence-electron chi connectivity index (χ2n) is 8.71. The van der Waals surface area contributed by atoms with E-state index in [1.54, 1.807) is 0 Å². The predicted molar refractivity (Wildman–Crippen MR) is 113 cm³/mol. The fourth-order valence-corrected chi connectivity index (χ4v) is 7.13. The van der Waals surface area contributed by atoms with Crippen LogP contribution in [0.4, 0.5) is 0 Å². The highest BCUT2D eigenvalue weighted by atomic mass is 35.5. The number of aromatic hydroxyl groups is 1. The van der Waals surface area contributed by atoms with Gasteiger partial charge in [0, 0.05) is 49.4 Å². The Morgan fingerprint density at radius 2 is 1.75 bits per heavy atom. The van der Waals surface area contributed by atoms with E-state index in [4.69, 9.17) is 11.6 Å². The monoisotopic (exact) mass is 426 g/mol. The van der Waals surface area contributed by atoms with E-state index < -0.39 is 9.84 Å². The Balaban J connectivity index is 1.39. The molecule has 0 spiro atoms. The summed E-state index contributed by atoms with van der Waals surface area (Å²) in [6, 6.07) is 4.04. The molecule has 1 aromatic carbocycles. The van der Waals surface area contributed by atoms with Crippen LogP contribution in [-0.2, 0) is 16.4 Å². The molecule has 3 aliphatic rings. The Labute approximate surface area is 173 Å². The van der Waals surface area contributed by atoms with Crippen molar-refractivity contribution in [2.75, 3.05) is 37.7 Å². The summed E-state index contributed by atoms with van der Waals surface area (Å²) in [5.41, 5.74) is 1.95. The molecule has 4 rings (SSSR count). The van der Waals surface area contributed by atoms with E-state index in [0.29, 0.717) is 34.7 Å². The molecule has 0 bridgehead atoms. The molecule has 28 heavy (non-hydrogen) atoms. The Hall–Kier alpha value is -0.820. The summed E-state index contributed by atoms with van der Waals surface area (Å²) in [6.07, 6.45) is 6.78. The van der Waals surface area contributed by atoms with Crippen LogP contribution in [0.3, 0.4) is 0 Å². The highest BCUT2D eigenvalue weighted by molar-refractivity contribution is 7.91. The zero-order valence-electron chi connectivity index (χ0n) is 16.4. The standard InChI is InChI=1S/C21H31ClN2O3S/c22-18-12-17(21(25)20(13-18)16-4-2-1-3-5-16)14-23-7-9-24(10-8-23)19-6-11-28(26,27)15-19/h12-13,16,19,25H,1-11,14-15H2/t19-/m1/s1. The number of hydrogen-bond donors (Lipinski definition) is 1. The average molecular weight is 427 g/mol. The first kappa shape index (κ1) is 20.5. The molecule has 3 fully saturated rings. The fraction of sp³-hybridized carbons (Fsp3) is 0.714. The lowest BCUT2D eigenvalue weighted by Gasteiger charge is -2.37. The van der Waals surface area contributed by atoms with Crippen LogP contribution in [0.15, 0.2) is 12.1 Å². The summed E-state index contributed by atoms with van der Waals surface area (Å²) in [7, 11) is -2.84. The molecule has 1 N–H and O–H groups in total. The van der Waals surface area contributed by atoms with Gasteiger partial charge in [-0.25, -0.2) is 8.42 Å². The van der Waals surface area contributed by atoms with E-state index in [2.05, 4.69) is 9.80 Å². The van der Waals surface area contributed by atoms with Crippen LogP contribution >= 0.6 is 11.6 Å². The van der Waals surface area contributed by atoms with E-state index in [9.17, 15) is 13.5 Å². The number of rotatable bonds is 4. The number of hydrogen-bond acceptors (Lipinski definition) is 5. The van der Waals surface area contributed by atoms with Gasteiger partial charge in [0.15, 0.2) is 9.84 Å². The van der Waals surface area contributed by atoms with Crippen LogP contribution in [0, 0.1) is 0 Å². The van der Waals surface area contributed by atoms with Crippen LogP contribution in [0.5, 0.6) is 5.75 Å². The third-order valence-electron chi connectivity index (χ3n) is 6.75. The predicted octanol–water partition coefficient (Wildman–Crippen LogP) is 3.40. The van der Waals surface area contributed by atoms with E-state index in [1.165, 1.54) is 19.3 Å². The molecule has 156 valence electrons. The summed E-state index contributed by atoms with van der Waals surface area (Å²) in [5.74, 6) is 1.50. The molecule has 0 radical (unpaired) electrons. The first-order chi connectivity index (χ1) is 13.4. The average Bonchev–Trinajstić information content (AvgIpc) is 3.05. The molecule has 2 aliphatic heterocycles. The third-order valence-corrected chi connectivity index (χ3v) is 8.72. The lowest BCUT2D eigenvalue weighted by Crippen LogP contribution is -2.50. The zero-order chi connectivity index (χ0) is 19.7. The highest BCUT2D eigenvalue weighted by Crippen LogP contribution is 2.40. The Bertz CT molecular complexity index is 800. The lowest BCUT2D eigenvalue weighted by molar-refractivity contribution is 0.0995. The van der Waals surface area contributed by atoms with Crippen LogP contribution in [0.1, 0.15) is 55.6 Å². The molecule has 2 saturated heterocycles. The quantitative estimate of drug-likeness (QED) is 0.799. The molecule has 7 heteroatoms. The van der Waals surface area contributed by atoms with Crippen molar-refractivity contribution >= 4 is 21.4 Å². The first-order valence-corrected chi connectivity index (χ1v) is 12.8. The number of phenols is 1. The molecule has 1 atom stereocenters. The molecule has 1 saturated carbocycles. The lowest BCUT2D eigenvalue weighted by atomic mass is 9.83. The SMILES string of the molecule is O=S1(=O)CC[C@@H](N2CCN(Cc3cc(Cl)cc(C4CCCCC4)c3O)CC2)C1. The van der Waals surface area contributed by atoms with Crippen LogP contribution in [0.25, 0.3) is 0 Å². The highest BCUT2D eigenvalue weighted by Gasteiger charge is 2.33. The van der Waals surface area contributed by atoms with Gasteiger partial charge in [-0.3, -0.25) is 9.80 Å². The summed E-state index contributed by atoms with van der Waals surface area (Å²) in [4.78, 5) is 4.67. The molecule has 0 unspecified atom stereocenters. The molecule has 2 heterocycles. The Morgan fingerprint density at radius 1 is 1.04 bits per heavy atom. The van der Waals surface area contributed by atoms with Gasteiger partial charge >= 0.3 is 0 Å². The maximum atomic E-state index is 11.7. The number of sulfone groups is 1. The van der Waals surface area contributed by atoms with Gasteiger partial charge in [-0.1, -0.05) is 30.9 Å². The van der Waals surface area contributed by atoms with Gasteiger partial charge in [0.1, 0.15) is 5.75 Å². The molecule has 5 nitrogen and oxygen atoms in total. The summed E-state index contributed by atoms with van der Waals surface area (Å²) < 4.78 is 23.5. The van der Waals surface area contributed by atoms with Gasteiger partial charge < -0.3 is 5.11 Å². The van der Waals surface area contributed by atoms with Gasteiger partial charge in [-0.2, -0.15) is 0 Å². The van der Waals surface area contributed by atoms with E-state index in [1.807, 2.05) is 12.1 Å². The maximum Gasteiger partial charge on any atom is 0.151 e. The topological polar surface area (TPSA) is 60.9 Å². The van der Waals surface area contributed by atoms with Crippen molar-refractivity contribution in [3.8, 4) is 5.75 Å². The fourth-order valence-electron chi connectivity index (χ4n) is 5.11. The third kappa shape index (κ3) is 4.66. The number of nitrogens with zero attached hydrogens (tertiary/aromatic N) is 2. The minimum absolute atomic E-state index is 0.185. The van der Waals surface area contributed by atoms with Crippen molar-refractivity contribution < 1.29 is 13.5 Å². The summed E-state index contributed by atoms with van der Waals surface area (Å²) in [5, 5.41) is 11.6. The van der Waals surface area contributed by atoms with Gasteiger partial charge in [0.25, 0.3) is 0 Å². The van der Waals surface area contributed by atoms with E-state index in [-0.39, 0.29) is 6.04 Å². The number of phenolic OH excluding ortho intramolecular Hbond substituents is 1. The van der Waals surface area contributed by atoms with Crippen molar-refractivity contribution in [1.29, 1.82) is 0 Å². The number of halogens is 1. The molecule has 1 aliphatic carbocycles. The van der Waals surface area contributed by atoms with Gasteiger partial charge in [-0.15, -0.1) is 0 Å². The van der Waals surface area contributed by atoms with Crippen molar-refractivity contribution in [2.45, 2.75) is 57.0 Å². The van der Waals surface area contributed by atoms with Gasteiger partial charge in [-0.05, 0) is 42.9 Å². The molecule has 1 aromatic rings. The first-order valence-electron chi connectivity index (χ1n) is 10.6. The molecular formula is C21H31ClN2O3S. The maximum absolute atomic E-state index is 11.7. The normalized spacial score (nSPS) is 27.2. The van der Waals surface area contributed by atoms with Crippen molar-refractivity contribution in [2.24, 2.45) is 0 Å².